The van der Waals surface area contributed by atoms with E-state index in [9.17, 15) is 4.79 Å². The van der Waals surface area contributed by atoms with Gasteiger partial charge in [0.1, 0.15) is 5.60 Å². The smallest absolute Gasteiger partial charge is 0.410 e. The van der Waals surface area contributed by atoms with Crippen LogP contribution in [0.25, 0.3) is 0 Å². The summed E-state index contributed by atoms with van der Waals surface area (Å²) >= 11 is 1.71. The van der Waals surface area contributed by atoms with Crippen molar-refractivity contribution in [2.24, 2.45) is 0 Å². The molecule has 0 aromatic carbocycles. The number of carbonyl (C=O) groups is 1. The summed E-state index contributed by atoms with van der Waals surface area (Å²) in [5.41, 5.74) is -0.412. The molecule has 0 aromatic heterocycles. The van der Waals surface area contributed by atoms with Crippen LogP contribution in [0.5, 0.6) is 0 Å². The van der Waals surface area contributed by atoms with E-state index in [2.05, 4.69) is 6.92 Å². The van der Waals surface area contributed by atoms with E-state index in [-0.39, 0.29) is 6.09 Å². The van der Waals surface area contributed by atoms with Crippen LogP contribution in [0.15, 0.2) is 0 Å². The molecule has 0 heterocycles. The van der Waals surface area contributed by atoms with Crippen LogP contribution < -0.4 is 0 Å². The molecule has 0 fully saturated rings. The van der Waals surface area contributed by atoms with Gasteiger partial charge in [-0.3, -0.25) is 0 Å². The van der Waals surface area contributed by atoms with E-state index in [0.717, 1.165) is 11.5 Å². The number of carbonyl (C=O) groups excluding carboxylic acids is 1. The van der Waals surface area contributed by atoms with Gasteiger partial charge in [-0.2, -0.15) is 11.8 Å². The van der Waals surface area contributed by atoms with E-state index >= 15 is 0 Å². The Bertz CT molecular complexity index is 177. The molecule has 0 saturated heterocycles. The SMILES string of the molecule is [CH2]CSCCN(C)C(=O)OC(C)(C)C. The average Bonchev–Trinajstić information content (AvgIpc) is 2.01. The lowest BCUT2D eigenvalue weighted by molar-refractivity contribution is 0.0309. The Hall–Kier alpha value is -0.380. The Morgan fingerprint density at radius 2 is 2.07 bits per heavy atom. The van der Waals surface area contributed by atoms with Crippen molar-refractivity contribution in [1.82, 2.24) is 4.90 Å². The van der Waals surface area contributed by atoms with Crippen molar-refractivity contribution in [2.75, 3.05) is 25.1 Å². The van der Waals surface area contributed by atoms with E-state index < -0.39 is 5.60 Å². The summed E-state index contributed by atoms with van der Waals surface area (Å²) in [6.45, 7) is 10.0. The maximum absolute atomic E-state index is 11.4. The lowest BCUT2D eigenvalue weighted by Gasteiger charge is -2.24. The molecule has 0 aromatic rings. The van der Waals surface area contributed by atoms with Crippen molar-refractivity contribution < 1.29 is 9.53 Å². The second-order valence-electron chi connectivity index (χ2n) is 4.01. The maximum atomic E-state index is 11.4. The van der Waals surface area contributed by atoms with Crippen molar-refractivity contribution in [3.8, 4) is 0 Å². The molecule has 83 valence electrons. The van der Waals surface area contributed by atoms with E-state index in [1.54, 1.807) is 23.7 Å². The summed E-state index contributed by atoms with van der Waals surface area (Å²) < 4.78 is 5.19. The average molecular weight is 218 g/mol. The zero-order valence-electron chi connectivity index (χ0n) is 9.50. The van der Waals surface area contributed by atoms with Crippen LogP contribution in [0.3, 0.4) is 0 Å². The molecule has 0 aliphatic heterocycles. The van der Waals surface area contributed by atoms with E-state index in [1.165, 1.54) is 0 Å². The van der Waals surface area contributed by atoms with Crippen molar-refractivity contribution in [2.45, 2.75) is 26.4 Å². The monoisotopic (exact) mass is 218 g/mol. The fourth-order valence-corrected chi connectivity index (χ4v) is 1.34. The van der Waals surface area contributed by atoms with Gasteiger partial charge in [0.2, 0.25) is 0 Å². The minimum Gasteiger partial charge on any atom is -0.444 e. The number of amides is 1. The summed E-state index contributed by atoms with van der Waals surface area (Å²) in [5, 5.41) is 0. The highest BCUT2D eigenvalue weighted by Gasteiger charge is 2.18. The highest BCUT2D eigenvalue weighted by atomic mass is 32.2. The standard InChI is InChI=1S/C10H20NO2S/c1-6-14-8-7-11(5)9(12)13-10(2,3)4/h1,6-8H2,2-5H3. The van der Waals surface area contributed by atoms with Crippen molar-refractivity contribution in [3.63, 3.8) is 0 Å². The number of ether oxygens (including phenoxy) is 1. The number of nitrogens with zero attached hydrogens (tertiary/aromatic N) is 1. The summed E-state index contributed by atoms with van der Waals surface area (Å²) in [5.74, 6) is 1.74. The van der Waals surface area contributed by atoms with Gasteiger partial charge in [-0.15, -0.1) is 0 Å². The molecule has 0 bridgehead atoms. The van der Waals surface area contributed by atoms with Crippen molar-refractivity contribution in [3.05, 3.63) is 6.92 Å². The van der Waals surface area contributed by atoms with Gasteiger partial charge in [-0.25, -0.2) is 4.79 Å². The van der Waals surface area contributed by atoms with Crippen LogP contribution in [0.2, 0.25) is 0 Å². The Morgan fingerprint density at radius 1 is 1.50 bits per heavy atom. The van der Waals surface area contributed by atoms with E-state index in [0.29, 0.717) is 6.54 Å². The Kier molecular flexibility index (Phi) is 6.00. The van der Waals surface area contributed by atoms with Gasteiger partial charge >= 0.3 is 6.09 Å². The predicted molar refractivity (Wildman–Crippen MR) is 61.5 cm³/mol. The second kappa shape index (κ2) is 6.17. The molecule has 0 aliphatic rings. The highest BCUT2D eigenvalue weighted by Crippen LogP contribution is 2.09. The Morgan fingerprint density at radius 3 is 2.50 bits per heavy atom. The molecule has 0 N–H and O–H groups in total. The van der Waals surface area contributed by atoms with Crippen LogP contribution in [0.1, 0.15) is 20.8 Å². The molecule has 0 rings (SSSR count). The predicted octanol–water partition coefficient (Wildman–Crippen LogP) is 2.42. The van der Waals surface area contributed by atoms with Gasteiger partial charge in [-0.1, -0.05) is 0 Å². The lowest BCUT2D eigenvalue weighted by Crippen LogP contribution is -2.35. The minimum absolute atomic E-state index is 0.262. The second-order valence-corrected chi connectivity index (χ2v) is 5.24. The molecule has 0 spiro atoms. The van der Waals surface area contributed by atoms with E-state index in [4.69, 9.17) is 4.74 Å². The van der Waals surface area contributed by atoms with E-state index in [1.807, 2.05) is 20.8 Å². The van der Waals surface area contributed by atoms with Gasteiger partial charge in [0.05, 0.1) is 0 Å². The maximum Gasteiger partial charge on any atom is 0.410 e. The van der Waals surface area contributed by atoms with Gasteiger partial charge in [-0.05, 0) is 33.4 Å². The first-order chi connectivity index (χ1) is 6.37. The molecule has 0 atom stereocenters. The molecular formula is C10H20NO2S. The zero-order chi connectivity index (χ0) is 11.2. The first kappa shape index (κ1) is 13.6. The molecule has 0 unspecified atom stereocenters. The number of rotatable bonds is 4. The number of hydrogen-bond acceptors (Lipinski definition) is 3. The minimum atomic E-state index is -0.412. The van der Waals surface area contributed by atoms with Crippen molar-refractivity contribution >= 4 is 17.9 Å². The zero-order valence-corrected chi connectivity index (χ0v) is 10.3. The molecule has 1 radical (unpaired) electrons. The first-order valence-electron chi connectivity index (χ1n) is 4.68. The normalized spacial score (nSPS) is 11.2. The van der Waals surface area contributed by atoms with Gasteiger partial charge < -0.3 is 9.64 Å². The van der Waals surface area contributed by atoms with Gasteiger partial charge in [0.15, 0.2) is 0 Å². The largest absolute Gasteiger partial charge is 0.444 e. The molecule has 3 nitrogen and oxygen atoms in total. The third-order valence-electron chi connectivity index (χ3n) is 1.42. The molecule has 4 heteroatoms. The molecular weight excluding hydrogens is 198 g/mol. The Labute approximate surface area is 91.2 Å². The van der Waals surface area contributed by atoms with Crippen LogP contribution in [-0.2, 0) is 4.74 Å². The number of thioether (sulfide) groups is 1. The quantitative estimate of drug-likeness (QED) is 0.679. The van der Waals surface area contributed by atoms with Crippen molar-refractivity contribution in [1.29, 1.82) is 0 Å². The van der Waals surface area contributed by atoms with Crippen LogP contribution in [-0.4, -0.2) is 41.7 Å². The molecule has 0 aliphatic carbocycles. The topological polar surface area (TPSA) is 29.5 Å². The number of hydrogen-bond donors (Lipinski definition) is 0. The third kappa shape index (κ3) is 7.06. The Balaban J connectivity index is 3.77. The third-order valence-corrected chi connectivity index (χ3v) is 2.18. The van der Waals surface area contributed by atoms with Gasteiger partial charge in [0.25, 0.3) is 0 Å². The van der Waals surface area contributed by atoms with Crippen LogP contribution in [0.4, 0.5) is 4.79 Å². The van der Waals surface area contributed by atoms with Crippen LogP contribution in [0, 0.1) is 6.92 Å². The summed E-state index contributed by atoms with van der Waals surface area (Å²) in [7, 11) is 1.75. The lowest BCUT2D eigenvalue weighted by atomic mass is 10.2. The molecule has 1 amide bonds. The summed E-state index contributed by atoms with van der Waals surface area (Å²) in [6.07, 6.45) is -0.262. The fourth-order valence-electron chi connectivity index (χ4n) is 0.735. The molecule has 14 heavy (non-hydrogen) atoms. The van der Waals surface area contributed by atoms with Gasteiger partial charge in [0, 0.05) is 19.3 Å². The fraction of sp³-hybridized carbons (Fsp3) is 0.800. The van der Waals surface area contributed by atoms with Crippen LogP contribution >= 0.6 is 11.8 Å². The molecule has 0 saturated carbocycles. The first-order valence-corrected chi connectivity index (χ1v) is 5.83. The summed E-state index contributed by atoms with van der Waals surface area (Å²) in [6, 6.07) is 0. The highest BCUT2D eigenvalue weighted by molar-refractivity contribution is 7.99. The summed E-state index contributed by atoms with van der Waals surface area (Å²) in [4.78, 5) is 13.0.